The summed E-state index contributed by atoms with van der Waals surface area (Å²) in [6, 6.07) is 3.93. The second-order valence-corrected chi connectivity index (χ2v) is 11.9. The molecule has 0 spiro atoms. The van der Waals surface area contributed by atoms with Crippen molar-refractivity contribution in [3.63, 3.8) is 0 Å². The Hall–Kier alpha value is -3.58. The molecule has 0 aromatic carbocycles. The zero-order chi connectivity index (χ0) is 25.7. The third-order valence-electron chi connectivity index (χ3n) is 6.68. The number of pyridine rings is 1. The zero-order valence-electron chi connectivity index (χ0n) is 20.7. The van der Waals surface area contributed by atoms with E-state index in [4.69, 9.17) is 20.6 Å². The molecule has 1 aliphatic heterocycles. The number of hydrogen-bond acceptors (Lipinski definition) is 10. The molecule has 4 aromatic heterocycles. The van der Waals surface area contributed by atoms with Crippen LogP contribution in [0.15, 0.2) is 30.7 Å². The van der Waals surface area contributed by atoms with Crippen molar-refractivity contribution < 1.29 is 13.2 Å². The van der Waals surface area contributed by atoms with Gasteiger partial charge < -0.3 is 15.8 Å². The van der Waals surface area contributed by atoms with Crippen LogP contribution < -0.4 is 11.1 Å². The Morgan fingerprint density at radius 1 is 1.16 bits per heavy atom. The lowest BCUT2D eigenvalue weighted by Crippen LogP contribution is -2.28. The maximum atomic E-state index is 12.6. The van der Waals surface area contributed by atoms with Crippen molar-refractivity contribution in [1.82, 2.24) is 33.9 Å². The number of aromatic nitrogens is 7. The summed E-state index contributed by atoms with van der Waals surface area (Å²) in [5.41, 5.74) is 8.74. The van der Waals surface area contributed by atoms with Gasteiger partial charge in [0.1, 0.15) is 11.5 Å². The quantitative estimate of drug-likeness (QED) is 0.369. The van der Waals surface area contributed by atoms with Crippen LogP contribution in [-0.2, 0) is 14.8 Å². The predicted molar refractivity (Wildman–Crippen MR) is 139 cm³/mol. The van der Waals surface area contributed by atoms with Crippen LogP contribution in [0.3, 0.4) is 0 Å². The van der Waals surface area contributed by atoms with Crippen LogP contribution in [0.2, 0.25) is 0 Å². The minimum atomic E-state index is -3.48. The summed E-state index contributed by atoms with van der Waals surface area (Å²) in [6.45, 7) is 5.55. The molecule has 1 aliphatic carbocycles. The fourth-order valence-electron chi connectivity index (χ4n) is 4.60. The van der Waals surface area contributed by atoms with Crippen LogP contribution in [-0.4, -0.2) is 66.8 Å². The van der Waals surface area contributed by atoms with Crippen molar-refractivity contribution in [3.05, 3.63) is 30.7 Å². The highest BCUT2D eigenvalue weighted by atomic mass is 32.2. The van der Waals surface area contributed by atoms with Crippen molar-refractivity contribution >= 4 is 32.6 Å². The Kier molecular flexibility index (Phi) is 5.83. The standard InChI is InChI=1S/C24H29N9O3S/c1-14(2)33-19-11-20(25)30-22(21(19)24(31-33)28-16-6-9-36-10-7-16)18-5-8-26-23(29-18)15-12-27-32(13-15)37(34,35)17-3-4-17/h5,8,11-14,16-17H,3-4,6-7,9-10H2,1-2H3,(H2,25,30)(H,28,31). The van der Waals surface area contributed by atoms with Gasteiger partial charge in [-0.1, -0.05) is 0 Å². The predicted octanol–water partition coefficient (Wildman–Crippen LogP) is 2.85. The normalized spacial score (nSPS) is 17.1. The van der Waals surface area contributed by atoms with Crippen LogP contribution in [0, 0.1) is 0 Å². The molecular formula is C24H29N9O3S. The topological polar surface area (TPSA) is 156 Å². The minimum Gasteiger partial charge on any atom is -0.384 e. The maximum absolute atomic E-state index is 12.6. The molecule has 4 aromatic rings. The van der Waals surface area contributed by atoms with E-state index in [-0.39, 0.29) is 17.3 Å². The summed E-state index contributed by atoms with van der Waals surface area (Å²) in [4.78, 5) is 13.8. The van der Waals surface area contributed by atoms with E-state index in [0.29, 0.717) is 54.6 Å². The first-order valence-corrected chi connectivity index (χ1v) is 14.0. The van der Waals surface area contributed by atoms with Gasteiger partial charge in [-0.2, -0.15) is 14.3 Å². The molecular weight excluding hydrogens is 494 g/mol. The zero-order valence-corrected chi connectivity index (χ0v) is 21.5. The maximum Gasteiger partial charge on any atom is 0.256 e. The van der Waals surface area contributed by atoms with Gasteiger partial charge in [0.25, 0.3) is 10.0 Å². The van der Waals surface area contributed by atoms with Crippen LogP contribution in [0.5, 0.6) is 0 Å². The summed E-state index contributed by atoms with van der Waals surface area (Å²) in [5, 5.41) is 13.0. The largest absolute Gasteiger partial charge is 0.384 e. The van der Waals surface area contributed by atoms with Gasteiger partial charge in [0, 0.05) is 37.6 Å². The molecule has 0 unspecified atom stereocenters. The molecule has 6 rings (SSSR count). The van der Waals surface area contributed by atoms with Crippen molar-refractivity contribution in [2.24, 2.45) is 0 Å². The van der Waals surface area contributed by atoms with E-state index in [0.717, 1.165) is 33.6 Å². The summed E-state index contributed by atoms with van der Waals surface area (Å²) < 4.78 is 33.6. The molecule has 13 heteroatoms. The first kappa shape index (κ1) is 23.8. The average molecular weight is 524 g/mol. The molecule has 0 atom stereocenters. The van der Waals surface area contributed by atoms with Gasteiger partial charge in [-0.15, -0.1) is 0 Å². The lowest BCUT2D eigenvalue weighted by Gasteiger charge is -2.23. The van der Waals surface area contributed by atoms with Gasteiger partial charge in [0.15, 0.2) is 11.6 Å². The summed E-state index contributed by atoms with van der Waals surface area (Å²) >= 11 is 0. The number of fused-ring (bicyclic) bond motifs is 1. The lowest BCUT2D eigenvalue weighted by molar-refractivity contribution is 0.0904. The van der Waals surface area contributed by atoms with Gasteiger partial charge in [0.05, 0.1) is 39.8 Å². The second-order valence-electron chi connectivity index (χ2n) is 9.82. The molecule has 2 aliphatic rings. The fraction of sp³-hybridized carbons (Fsp3) is 0.458. The lowest BCUT2D eigenvalue weighted by atomic mass is 10.1. The molecule has 0 bridgehead atoms. The smallest absolute Gasteiger partial charge is 0.256 e. The van der Waals surface area contributed by atoms with Crippen molar-refractivity contribution in [1.29, 1.82) is 0 Å². The number of nitrogen functional groups attached to an aromatic ring is 1. The third-order valence-corrected chi connectivity index (χ3v) is 8.72. The Labute approximate surface area is 214 Å². The molecule has 3 N–H and O–H groups in total. The van der Waals surface area contributed by atoms with Gasteiger partial charge in [-0.05, 0) is 45.6 Å². The molecule has 0 amide bonds. The Bertz CT molecular complexity index is 1570. The van der Waals surface area contributed by atoms with Crippen LogP contribution in [0.4, 0.5) is 11.6 Å². The van der Waals surface area contributed by atoms with Gasteiger partial charge >= 0.3 is 0 Å². The van der Waals surface area contributed by atoms with E-state index in [1.165, 1.54) is 12.4 Å². The van der Waals surface area contributed by atoms with Crippen molar-refractivity contribution in [2.75, 3.05) is 24.3 Å². The highest BCUT2D eigenvalue weighted by Gasteiger charge is 2.37. The molecule has 1 saturated heterocycles. The first-order valence-electron chi connectivity index (χ1n) is 12.5. The van der Waals surface area contributed by atoms with Gasteiger partial charge in [-0.3, -0.25) is 4.68 Å². The van der Waals surface area contributed by atoms with E-state index < -0.39 is 10.0 Å². The number of anilines is 2. The van der Waals surface area contributed by atoms with Crippen LogP contribution in [0.1, 0.15) is 45.6 Å². The molecule has 194 valence electrons. The first-order chi connectivity index (χ1) is 17.8. The molecule has 5 heterocycles. The van der Waals surface area contributed by atoms with Gasteiger partial charge in [0.2, 0.25) is 0 Å². The van der Waals surface area contributed by atoms with Crippen molar-refractivity contribution in [3.8, 4) is 22.8 Å². The molecule has 1 saturated carbocycles. The Morgan fingerprint density at radius 2 is 1.95 bits per heavy atom. The highest BCUT2D eigenvalue weighted by Crippen LogP contribution is 2.36. The molecule has 37 heavy (non-hydrogen) atoms. The molecule has 12 nitrogen and oxygen atoms in total. The van der Waals surface area contributed by atoms with Gasteiger partial charge in [-0.25, -0.2) is 23.4 Å². The number of rotatable bonds is 7. The second kappa shape index (κ2) is 9.06. The molecule has 2 fully saturated rings. The summed E-state index contributed by atoms with van der Waals surface area (Å²) in [6.07, 6.45) is 7.65. The third kappa shape index (κ3) is 4.42. The van der Waals surface area contributed by atoms with E-state index in [2.05, 4.69) is 34.2 Å². The van der Waals surface area contributed by atoms with Crippen molar-refractivity contribution in [2.45, 2.75) is 56.9 Å². The van der Waals surface area contributed by atoms with Crippen LogP contribution in [0.25, 0.3) is 33.7 Å². The van der Waals surface area contributed by atoms with E-state index >= 15 is 0 Å². The number of ether oxygens (including phenoxy) is 1. The molecule has 0 radical (unpaired) electrons. The van der Waals surface area contributed by atoms with E-state index in [9.17, 15) is 8.42 Å². The number of nitrogens with one attached hydrogen (secondary N) is 1. The fourth-order valence-corrected chi connectivity index (χ4v) is 6.08. The SMILES string of the molecule is CC(C)n1nc(NC2CCOCC2)c2c(-c3ccnc(-c4cnn(S(=O)(=O)C5CC5)c4)n3)nc(N)cc21. The Balaban J connectivity index is 1.44. The average Bonchev–Trinajstić information content (AvgIpc) is 3.53. The Morgan fingerprint density at radius 3 is 2.68 bits per heavy atom. The number of hydrogen-bond donors (Lipinski definition) is 2. The summed E-state index contributed by atoms with van der Waals surface area (Å²) in [5.74, 6) is 1.43. The van der Waals surface area contributed by atoms with Crippen LogP contribution >= 0.6 is 0 Å². The minimum absolute atomic E-state index is 0.0996. The van der Waals surface area contributed by atoms with E-state index in [1.807, 2.05) is 10.7 Å². The van der Waals surface area contributed by atoms with E-state index in [1.54, 1.807) is 12.3 Å². The monoisotopic (exact) mass is 523 g/mol. The highest BCUT2D eigenvalue weighted by molar-refractivity contribution is 7.90. The summed E-state index contributed by atoms with van der Waals surface area (Å²) in [7, 11) is -3.48. The number of nitrogens with zero attached hydrogens (tertiary/aromatic N) is 7. The number of nitrogens with two attached hydrogens (primary N) is 1.